The average Bonchev–Trinajstić information content (AvgIpc) is 2.56. The molecule has 0 saturated carbocycles. The van der Waals surface area contributed by atoms with Crippen LogP contribution in [0.15, 0.2) is 24.3 Å². The van der Waals surface area contributed by atoms with Crippen LogP contribution in [0.1, 0.15) is 12.1 Å². The molecule has 1 aromatic heterocycles. The predicted molar refractivity (Wildman–Crippen MR) is 54.2 cm³/mol. The first-order valence-electron chi connectivity index (χ1n) is 4.64. The lowest BCUT2D eigenvalue weighted by Gasteiger charge is -1.91. The molecule has 15 heavy (non-hydrogen) atoms. The Labute approximate surface area is 85.5 Å². The van der Waals surface area contributed by atoms with Crippen LogP contribution < -0.4 is 0 Å². The lowest BCUT2D eigenvalue weighted by atomic mass is 10.2. The second-order valence-corrected chi connectivity index (χ2v) is 3.42. The number of aromatic nitrogens is 1. The second kappa shape index (κ2) is 3.73. The largest absolute Gasteiger partial charge is 0.481 e. The van der Waals surface area contributed by atoms with Crippen LogP contribution in [0.25, 0.3) is 10.9 Å². The third-order valence-electron chi connectivity index (χ3n) is 2.25. The number of halogens is 1. The Morgan fingerprint density at radius 3 is 2.93 bits per heavy atom. The molecule has 0 saturated heterocycles. The van der Waals surface area contributed by atoms with Gasteiger partial charge in [0, 0.05) is 11.2 Å². The molecule has 0 amide bonds. The van der Waals surface area contributed by atoms with Gasteiger partial charge < -0.3 is 10.1 Å². The predicted octanol–water partition coefficient (Wildman–Crippen LogP) is 2.32. The van der Waals surface area contributed by atoms with E-state index in [-0.39, 0.29) is 12.2 Å². The third kappa shape index (κ3) is 2.15. The van der Waals surface area contributed by atoms with Gasteiger partial charge in [-0.25, -0.2) is 4.39 Å². The number of H-pyrrole nitrogens is 1. The quantitative estimate of drug-likeness (QED) is 0.811. The van der Waals surface area contributed by atoms with Gasteiger partial charge in [0.05, 0.1) is 6.42 Å². The van der Waals surface area contributed by atoms with Gasteiger partial charge in [-0.05, 0) is 36.1 Å². The zero-order valence-corrected chi connectivity index (χ0v) is 7.96. The fraction of sp³-hybridized carbons (Fsp3) is 0.182. The summed E-state index contributed by atoms with van der Waals surface area (Å²) in [4.78, 5) is 13.4. The molecular formula is C11H10FNO2. The summed E-state index contributed by atoms with van der Waals surface area (Å²) < 4.78 is 12.8. The Balaban J connectivity index is 2.27. The van der Waals surface area contributed by atoms with Crippen molar-refractivity contribution in [2.75, 3.05) is 0 Å². The van der Waals surface area contributed by atoms with Crippen molar-refractivity contribution >= 4 is 16.9 Å². The summed E-state index contributed by atoms with van der Waals surface area (Å²) in [6.45, 7) is 0. The van der Waals surface area contributed by atoms with Gasteiger partial charge in [-0.1, -0.05) is 0 Å². The van der Waals surface area contributed by atoms with E-state index in [1.807, 2.05) is 6.07 Å². The highest BCUT2D eigenvalue weighted by atomic mass is 19.1. The fourth-order valence-electron chi connectivity index (χ4n) is 1.54. The van der Waals surface area contributed by atoms with Crippen molar-refractivity contribution in [1.82, 2.24) is 4.98 Å². The number of hydrogen-bond acceptors (Lipinski definition) is 1. The average molecular weight is 207 g/mol. The van der Waals surface area contributed by atoms with Gasteiger partial charge >= 0.3 is 5.97 Å². The number of carboxylic acids is 1. The van der Waals surface area contributed by atoms with Crippen LogP contribution in [0.2, 0.25) is 0 Å². The van der Waals surface area contributed by atoms with E-state index in [4.69, 9.17) is 5.11 Å². The molecule has 0 fully saturated rings. The summed E-state index contributed by atoms with van der Waals surface area (Å²) in [6.07, 6.45) is 0.515. The minimum Gasteiger partial charge on any atom is -0.481 e. The summed E-state index contributed by atoms with van der Waals surface area (Å²) in [5.41, 5.74) is 1.52. The maximum atomic E-state index is 12.8. The van der Waals surface area contributed by atoms with Gasteiger partial charge in [0.25, 0.3) is 0 Å². The number of carboxylic acid groups (broad SMARTS) is 1. The number of aryl methyl sites for hydroxylation is 1. The molecule has 2 aromatic rings. The van der Waals surface area contributed by atoms with Crippen molar-refractivity contribution in [3.63, 3.8) is 0 Å². The van der Waals surface area contributed by atoms with Gasteiger partial charge in [0.2, 0.25) is 0 Å². The number of hydrogen-bond donors (Lipinski definition) is 2. The molecule has 0 aliphatic heterocycles. The fourth-order valence-corrected chi connectivity index (χ4v) is 1.54. The standard InChI is InChI=1S/C11H10FNO2/c12-8-2-1-7-5-9(3-4-11(14)15)13-10(7)6-8/h1-2,5-6,13H,3-4H2,(H,14,15). The number of aromatic amines is 1. The lowest BCUT2D eigenvalue weighted by Crippen LogP contribution is -1.97. The minimum absolute atomic E-state index is 0.0787. The van der Waals surface area contributed by atoms with Crippen LogP contribution in [0.5, 0.6) is 0 Å². The van der Waals surface area contributed by atoms with E-state index >= 15 is 0 Å². The molecular weight excluding hydrogens is 197 g/mol. The zero-order valence-electron chi connectivity index (χ0n) is 7.96. The number of fused-ring (bicyclic) bond motifs is 1. The Hall–Kier alpha value is -1.84. The smallest absolute Gasteiger partial charge is 0.303 e. The topological polar surface area (TPSA) is 53.1 Å². The van der Waals surface area contributed by atoms with Crippen LogP contribution in [0.3, 0.4) is 0 Å². The van der Waals surface area contributed by atoms with E-state index in [2.05, 4.69) is 4.98 Å². The van der Waals surface area contributed by atoms with Gasteiger partial charge in [-0.15, -0.1) is 0 Å². The van der Waals surface area contributed by atoms with Crippen LogP contribution >= 0.6 is 0 Å². The summed E-state index contributed by atoms with van der Waals surface area (Å²) in [6, 6.07) is 6.31. The number of carbonyl (C=O) groups is 1. The van der Waals surface area contributed by atoms with Crippen LogP contribution in [0, 0.1) is 5.82 Å². The maximum absolute atomic E-state index is 12.8. The second-order valence-electron chi connectivity index (χ2n) is 3.42. The van der Waals surface area contributed by atoms with Crippen LogP contribution in [-0.4, -0.2) is 16.1 Å². The molecule has 3 nitrogen and oxygen atoms in total. The highest BCUT2D eigenvalue weighted by Gasteiger charge is 2.04. The SMILES string of the molecule is O=C(O)CCc1cc2ccc(F)cc2[nH]1. The Morgan fingerprint density at radius 1 is 1.40 bits per heavy atom. The monoisotopic (exact) mass is 207 g/mol. The van der Waals surface area contributed by atoms with Gasteiger partial charge in [-0.2, -0.15) is 0 Å². The molecule has 0 aliphatic rings. The molecule has 0 radical (unpaired) electrons. The molecule has 4 heteroatoms. The maximum Gasteiger partial charge on any atom is 0.303 e. The Bertz CT molecular complexity index is 504. The highest BCUT2D eigenvalue weighted by molar-refractivity contribution is 5.80. The van der Waals surface area contributed by atoms with Crippen molar-refractivity contribution in [1.29, 1.82) is 0 Å². The number of rotatable bonds is 3. The Kier molecular flexibility index (Phi) is 2.41. The summed E-state index contributed by atoms with van der Waals surface area (Å²) in [5.74, 6) is -1.13. The molecule has 1 aromatic carbocycles. The molecule has 0 spiro atoms. The first-order valence-corrected chi connectivity index (χ1v) is 4.64. The molecule has 78 valence electrons. The number of aliphatic carboxylic acids is 1. The Morgan fingerprint density at radius 2 is 2.20 bits per heavy atom. The van der Waals surface area contributed by atoms with E-state index in [0.717, 1.165) is 11.1 Å². The number of nitrogens with one attached hydrogen (secondary N) is 1. The molecule has 2 N–H and O–H groups in total. The van der Waals surface area contributed by atoms with Crippen molar-refractivity contribution in [3.05, 3.63) is 35.8 Å². The normalized spacial score (nSPS) is 10.7. The molecule has 0 bridgehead atoms. The van der Waals surface area contributed by atoms with Crippen molar-refractivity contribution < 1.29 is 14.3 Å². The van der Waals surface area contributed by atoms with Gasteiger partial charge in [0.15, 0.2) is 0 Å². The third-order valence-corrected chi connectivity index (χ3v) is 2.25. The number of benzene rings is 1. The summed E-state index contributed by atoms with van der Waals surface area (Å²) >= 11 is 0. The van der Waals surface area contributed by atoms with Crippen LogP contribution in [0.4, 0.5) is 4.39 Å². The zero-order chi connectivity index (χ0) is 10.8. The molecule has 0 aliphatic carbocycles. The van der Waals surface area contributed by atoms with Gasteiger partial charge in [0.1, 0.15) is 5.82 Å². The van der Waals surface area contributed by atoms with Crippen molar-refractivity contribution in [2.45, 2.75) is 12.8 Å². The van der Waals surface area contributed by atoms with E-state index < -0.39 is 5.97 Å². The molecule has 1 heterocycles. The minimum atomic E-state index is -0.833. The van der Waals surface area contributed by atoms with E-state index in [1.165, 1.54) is 12.1 Å². The van der Waals surface area contributed by atoms with Crippen molar-refractivity contribution in [2.24, 2.45) is 0 Å². The summed E-state index contributed by atoms with van der Waals surface area (Å²) in [7, 11) is 0. The van der Waals surface area contributed by atoms with E-state index in [9.17, 15) is 9.18 Å². The van der Waals surface area contributed by atoms with Crippen molar-refractivity contribution in [3.8, 4) is 0 Å². The van der Waals surface area contributed by atoms with E-state index in [0.29, 0.717) is 11.9 Å². The first kappa shape index (κ1) is 9.71. The molecule has 0 unspecified atom stereocenters. The first-order chi connectivity index (χ1) is 7.15. The van der Waals surface area contributed by atoms with Crippen LogP contribution in [-0.2, 0) is 11.2 Å². The molecule has 0 atom stereocenters. The highest BCUT2D eigenvalue weighted by Crippen LogP contribution is 2.17. The van der Waals surface area contributed by atoms with E-state index in [1.54, 1.807) is 6.07 Å². The van der Waals surface area contributed by atoms with Gasteiger partial charge in [-0.3, -0.25) is 4.79 Å². The summed E-state index contributed by atoms with van der Waals surface area (Å²) in [5, 5.41) is 9.42. The molecule has 2 rings (SSSR count). The lowest BCUT2D eigenvalue weighted by molar-refractivity contribution is -0.136.